The monoisotopic (exact) mass is 389 g/mol. The first-order valence-corrected chi connectivity index (χ1v) is 8.08. The van der Waals surface area contributed by atoms with E-state index in [1.807, 2.05) is 0 Å². The number of carbonyl (C=O) groups is 1. The van der Waals surface area contributed by atoms with Crippen molar-refractivity contribution in [2.45, 2.75) is 30.4 Å². The number of halogens is 3. The zero-order valence-electron chi connectivity index (χ0n) is 13.9. The zero-order chi connectivity index (χ0) is 19.6. The predicted octanol–water partition coefficient (Wildman–Crippen LogP) is 3.17. The molecule has 1 amide bonds. The van der Waals surface area contributed by atoms with Gasteiger partial charge in [-0.1, -0.05) is 11.8 Å². The van der Waals surface area contributed by atoms with Crippen LogP contribution in [0.15, 0.2) is 23.4 Å². The number of nitrogens with zero attached hydrogens (tertiary/aromatic N) is 4. The fourth-order valence-electron chi connectivity index (χ4n) is 1.93. The Morgan fingerprint density at radius 1 is 1.38 bits per heavy atom. The van der Waals surface area contributed by atoms with Gasteiger partial charge >= 0.3 is 6.18 Å². The maximum atomic E-state index is 13.1. The van der Waals surface area contributed by atoms with Crippen molar-refractivity contribution in [3.8, 4) is 0 Å². The number of hydrogen-bond acceptors (Lipinski definition) is 6. The average Bonchev–Trinajstić information content (AvgIpc) is 2.86. The molecule has 0 aliphatic heterocycles. The summed E-state index contributed by atoms with van der Waals surface area (Å²) in [4.78, 5) is 22.0. The molecule has 2 aromatic rings. The van der Waals surface area contributed by atoms with Gasteiger partial charge in [0.05, 0.1) is 21.4 Å². The number of thioether (sulfide) groups is 1. The summed E-state index contributed by atoms with van der Waals surface area (Å²) in [6.45, 7) is 3.22. The second-order valence-corrected chi connectivity index (χ2v) is 6.63. The van der Waals surface area contributed by atoms with Gasteiger partial charge in [-0.3, -0.25) is 14.9 Å². The summed E-state index contributed by atoms with van der Waals surface area (Å²) >= 11 is 1.03. The van der Waals surface area contributed by atoms with Gasteiger partial charge < -0.3 is 9.88 Å². The van der Waals surface area contributed by atoms with Crippen LogP contribution in [0.1, 0.15) is 18.3 Å². The Hall–Kier alpha value is -2.63. The van der Waals surface area contributed by atoms with E-state index in [9.17, 15) is 28.1 Å². The Labute approximate surface area is 149 Å². The molecule has 2 rings (SSSR count). The van der Waals surface area contributed by atoms with Crippen molar-refractivity contribution in [1.82, 2.24) is 14.8 Å². The van der Waals surface area contributed by atoms with Gasteiger partial charge in [-0.25, -0.2) is 0 Å². The molecule has 0 fully saturated rings. The van der Waals surface area contributed by atoms with Crippen molar-refractivity contribution in [3.05, 3.63) is 39.7 Å². The molecule has 140 valence electrons. The number of rotatable bonds is 5. The van der Waals surface area contributed by atoms with E-state index in [2.05, 4.69) is 15.5 Å². The Morgan fingerprint density at radius 2 is 2.04 bits per heavy atom. The van der Waals surface area contributed by atoms with Gasteiger partial charge in [-0.2, -0.15) is 13.2 Å². The number of alkyl halides is 3. The summed E-state index contributed by atoms with van der Waals surface area (Å²) < 4.78 is 41.1. The third kappa shape index (κ3) is 4.31. The fraction of sp³-hybridized carbons (Fsp3) is 0.357. The average molecular weight is 389 g/mol. The summed E-state index contributed by atoms with van der Waals surface area (Å²) in [6.07, 6.45) is -4.86. The maximum Gasteiger partial charge on any atom is 0.418 e. The molecule has 8 nitrogen and oxygen atoms in total. The third-order valence-electron chi connectivity index (χ3n) is 3.48. The number of hydrogen-bond donors (Lipinski definition) is 1. The predicted molar refractivity (Wildman–Crippen MR) is 87.8 cm³/mol. The highest BCUT2D eigenvalue weighted by atomic mass is 32.2. The van der Waals surface area contributed by atoms with Crippen LogP contribution in [-0.2, 0) is 18.0 Å². The molecule has 12 heteroatoms. The minimum absolute atomic E-state index is 0.388. The highest BCUT2D eigenvalue weighted by Gasteiger charge is 2.36. The highest BCUT2D eigenvalue weighted by Crippen LogP contribution is 2.37. The van der Waals surface area contributed by atoms with Crippen LogP contribution in [0.4, 0.5) is 24.5 Å². The largest absolute Gasteiger partial charge is 0.418 e. The van der Waals surface area contributed by atoms with Crippen molar-refractivity contribution in [2.75, 3.05) is 5.32 Å². The van der Waals surface area contributed by atoms with Gasteiger partial charge in [-0.05, 0) is 19.9 Å². The molecular weight excluding hydrogens is 375 g/mol. The minimum atomic E-state index is -4.86. The lowest BCUT2D eigenvalue weighted by Crippen LogP contribution is -2.24. The minimum Gasteiger partial charge on any atom is -0.325 e. The van der Waals surface area contributed by atoms with Crippen molar-refractivity contribution in [3.63, 3.8) is 0 Å². The van der Waals surface area contributed by atoms with E-state index in [1.54, 1.807) is 18.5 Å². The number of amides is 1. The van der Waals surface area contributed by atoms with Crippen LogP contribution in [0, 0.1) is 17.0 Å². The van der Waals surface area contributed by atoms with Crippen LogP contribution in [-0.4, -0.2) is 30.8 Å². The van der Waals surface area contributed by atoms with E-state index in [0.29, 0.717) is 17.0 Å². The molecule has 1 heterocycles. The molecular formula is C14H14F3N5O3S. The van der Waals surface area contributed by atoms with Crippen LogP contribution in [0.3, 0.4) is 0 Å². The zero-order valence-corrected chi connectivity index (χ0v) is 14.7. The number of aromatic nitrogens is 3. The summed E-state index contributed by atoms with van der Waals surface area (Å²) in [6, 6.07) is 2.15. The first-order chi connectivity index (χ1) is 12.0. The molecule has 0 aliphatic rings. The summed E-state index contributed by atoms with van der Waals surface area (Å²) in [7, 11) is 1.69. The van der Waals surface area contributed by atoms with Gasteiger partial charge in [0.1, 0.15) is 5.82 Å². The number of non-ortho nitro benzene ring substituents is 1. The summed E-state index contributed by atoms with van der Waals surface area (Å²) in [5, 5.41) is 20.2. The Bertz CT molecular complexity index is 853. The van der Waals surface area contributed by atoms with E-state index in [-0.39, 0.29) is 0 Å². The normalized spacial score (nSPS) is 12.7. The van der Waals surface area contributed by atoms with Gasteiger partial charge in [0, 0.05) is 19.2 Å². The molecule has 26 heavy (non-hydrogen) atoms. The second kappa shape index (κ2) is 7.32. The van der Waals surface area contributed by atoms with Crippen molar-refractivity contribution >= 4 is 29.0 Å². The fourth-order valence-corrected chi connectivity index (χ4v) is 2.79. The van der Waals surface area contributed by atoms with Gasteiger partial charge in [0.2, 0.25) is 5.91 Å². The summed E-state index contributed by atoms with van der Waals surface area (Å²) in [5.74, 6) is -0.0789. The lowest BCUT2D eigenvalue weighted by molar-refractivity contribution is -0.385. The Kier molecular flexibility index (Phi) is 5.54. The number of carbonyl (C=O) groups excluding carboxylic acids is 1. The van der Waals surface area contributed by atoms with Crippen LogP contribution in [0.5, 0.6) is 0 Å². The van der Waals surface area contributed by atoms with Gasteiger partial charge in [0.15, 0.2) is 5.16 Å². The molecule has 0 saturated heterocycles. The first-order valence-electron chi connectivity index (χ1n) is 7.20. The quantitative estimate of drug-likeness (QED) is 0.479. The van der Waals surface area contributed by atoms with Gasteiger partial charge in [0.25, 0.3) is 5.69 Å². The topological polar surface area (TPSA) is 103 Å². The number of nitro benzene ring substituents is 1. The Balaban J connectivity index is 2.22. The number of aryl methyl sites for hydroxylation is 1. The maximum absolute atomic E-state index is 13.1. The molecule has 1 aromatic heterocycles. The lowest BCUT2D eigenvalue weighted by Gasteiger charge is -2.16. The van der Waals surface area contributed by atoms with E-state index in [1.165, 1.54) is 6.92 Å². The van der Waals surface area contributed by atoms with E-state index >= 15 is 0 Å². The molecule has 0 aliphatic carbocycles. The SMILES string of the molecule is Cc1nnc(S[C@H](C)C(=O)Nc2ccc([N+](=O)[O-])cc2C(F)(F)F)n1C. The van der Waals surface area contributed by atoms with E-state index < -0.39 is 39.2 Å². The first kappa shape index (κ1) is 19.7. The van der Waals surface area contributed by atoms with Crippen LogP contribution >= 0.6 is 11.8 Å². The van der Waals surface area contributed by atoms with Crippen LogP contribution in [0.2, 0.25) is 0 Å². The molecule has 1 atom stereocenters. The van der Waals surface area contributed by atoms with Crippen molar-refractivity contribution < 1.29 is 22.9 Å². The van der Waals surface area contributed by atoms with Gasteiger partial charge in [-0.15, -0.1) is 10.2 Å². The number of nitro groups is 1. The number of nitrogens with one attached hydrogen (secondary N) is 1. The molecule has 0 saturated carbocycles. The highest BCUT2D eigenvalue weighted by molar-refractivity contribution is 8.00. The number of anilines is 1. The van der Waals surface area contributed by atoms with Crippen LogP contribution in [0.25, 0.3) is 0 Å². The van der Waals surface area contributed by atoms with E-state index in [0.717, 1.165) is 23.9 Å². The Morgan fingerprint density at radius 3 is 2.54 bits per heavy atom. The molecule has 0 bridgehead atoms. The van der Waals surface area contributed by atoms with Crippen LogP contribution < -0.4 is 5.32 Å². The smallest absolute Gasteiger partial charge is 0.325 e. The molecule has 0 radical (unpaired) electrons. The molecule has 1 aromatic carbocycles. The van der Waals surface area contributed by atoms with Crippen molar-refractivity contribution in [1.29, 1.82) is 0 Å². The molecule has 0 spiro atoms. The third-order valence-corrected chi connectivity index (χ3v) is 4.62. The van der Waals surface area contributed by atoms with E-state index in [4.69, 9.17) is 0 Å². The molecule has 1 N–H and O–H groups in total. The summed E-state index contributed by atoms with van der Waals surface area (Å²) in [5.41, 5.74) is -2.55. The van der Waals surface area contributed by atoms with Crippen molar-refractivity contribution in [2.24, 2.45) is 7.05 Å². The molecule has 0 unspecified atom stereocenters. The lowest BCUT2D eigenvalue weighted by atomic mass is 10.1. The number of benzene rings is 1. The standard InChI is InChI=1S/C14H14F3N5O3S/c1-7(26-13-20-19-8(2)21(13)3)12(23)18-11-5-4-9(22(24)25)6-10(11)14(15,16)17/h4-7H,1-3H3,(H,18,23)/t7-/m1/s1. The second-order valence-electron chi connectivity index (χ2n) is 5.32.